The molecule has 0 fully saturated rings. The van der Waals surface area contributed by atoms with Crippen LogP contribution in [-0.4, -0.2) is 54.4 Å². The van der Waals surface area contributed by atoms with Crippen molar-refractivity contribution in [2.45, 2.75) is 19.0 Å². The van der Waals surface area contributed by atoms with Gasteiger partial charge in [0.05, 0.1) is 0 Å². The second kappa shape index (κ2) is 8.16. The summed E-state index contributed by atoms with van der Waals surface area (Å²) < 4.78 is 5.68. The van der Waals surface area contributed by atoms with Crippen LogP contribution in [-0.2, 0) is 0 Å². The summed E-state index contributed by atoms with van der Waals surface area (Å²) in [5.74, 6) is 1.41. The molecular formula is C12H22N4OS. The van der Waals surface area contributed by atoms with Crippen LogP contribution in [0, 0.1) is 0 Å². The normalized spacial score (nSPS) is 10.7. The molecule has 1 aromatic rings. The number of nitrogens with zero attached hydrogens (tertiary/aromatic N) is 3. The van der Waals surface area contributed by atoms with Gasteiger partial charge in [0.25, 0.3) is 0 Å². The summed E-state index contributed by atoms with van der Waals surface area (Å²) in [5, 5.41) is 3.73. The van der Waals surface area contributed by atoms with E-state index in [2.05, 4.69) is 34.0 Å². The number of likely N-dealkylation sites (N-methyl/N-ethyl adjacent to an activating group) is 1. The number of rotatable bonds is 8. The second-order valence-electron chi connectivity index (χ2n) is 3.70. The molecular weight excluding hydrogens is 248 g/mol. The van der Waals surface area contributed by atoms with Gasteiger partial charge in [-0.2, -0.15) is 4.98 Å². The first kappa shape index (κ1) is 15.0. The van der Waals surface area contributed by atoms with Gasteiger partial charge in [-0.1, -0.05) is 25.6 Å². The maximum atomic E-state index is 5.68. The van der Waals surface area contributed by atoms with Gasteiger partial charge in [0, 0.05) is 19.7 Å². The van der Waals surface area contributed by atoms with Gasteiger partial charge in [0.15, 0.2) is 5.16 Å². The fourth-order valence-electron chi connectivity index (χ4n) is 1.52. The van der Waals surface area contributed by atoms with Crippen LogP contribution in [0.3, 0.4) is 0 Å². The smallest absolute Gasteiger partial charge is 0.219 e. The molecule has 1 N–H and O–H groups in total. The zero-order chi connectivity index (χ0) is 13.4. The van der Waals surface area contributed by atoms with Gasteiger partial charge in [-0.3, -0.25) is 0 Å². The third-order valence-electron chi connectivity index (χ3n) is 2.67. The molecule has 0 aromatic carbocycles. The molecule has 18 heavy (non-hydrogen) atoms. The summed E-state index contributed by atoms with van der Waals surface area (Å²) in [6.45, 7) is 7.96. The van der Waals surface area contributed by atoms with Crippen molar-refractivity contribution in [2.75, 3.05) is 44.9 Å². The van der Waals surface area contributed by atoms with Crippen LogP contribution >= 0.6 is 11.8 Å². The summed E-state index contributed by atoms with van der Waals surface area (Å²) in [6.07, 6.45) is 1.95. The first-order valence-electron chi connectivity index (χ1n) is 6.19. The molecule has 0 aliphatic carbocycles. The summed E-state index contributed by atoms with van der Waals surface area (Å²) in [6, 6.07) is 1.82. The molecule has 0 saturated heterocycles. The molecule has 1 rings (SSSR count). The largest absolute Gasteiger partial charge is 0.476 e. The highest BCUT2D eigenvalue weighted by Crippen LogP contribution is 2.18. The number of thioether (sulfide) groups is 1. The average molecular weight is 270 g/mol. The summed E-state index contributed by atoms with van der Waals surface area (Å²) in [4.78, 5) is 10.9. The van der Waals surface area contributed by atoms with Crippen LogP contribution in [0.15, 0.2) is 11.2 Å². The Morgan fingerprint density at radius 1 is 1.33 bits per heavy atom. The second-order valence-corrected chi connectivity index (χ2v) is 4.48. The number of aromatic nitrogens is 2. The van der Waals surface area contributed by atoms with Crippen molar-refractivity contribution < 1.29 is 4.74 Å². The van der Waals surface area contributed by atoms with E-state index in [4.69, 9.17) is 4.74 Å². The number of ether oxygens (including phenoxy) is 1. The Labute approximate surface area is 113 Å². The van der Waals surface area contributed by atoms with E-state index in [1.54, 1.807) is 0 Å². The summed E-state index contributed by atoms with van der Waals surface area (Å²) in [5.41, 5.74) is 0. The lowest BCUT2D eigenvalue weighted by Gasteiger charge is -2.17. The fraction of sp³-hybridized carbons (Fsp3) is 0.667. The molecule has 0 aliphatic rings. The zero-order valence-corrected chi connectivity index (χ0v) is 12.4. The van der Waals surface area contributed by atoms with E-state index in [1.165, 1.54) is 11.8 Å². The molecule has 0 bridgehead atoms. The van der Waals surface area contributed by atoms with Crippen LogP contribution in [0.5, 0.6) is 5.88 Å². The Kier molecular flexibility index (Phi) is 6.82. The average Bonchev–Trinajstić information content (AvgIpc) is 2.43. The maximum absolute atomic E-state index is 5.68. The van der Waals surface area contributed by atoms with Gasteiger partial charge in [-0.25, -0.2) is 4.98 Å². The molecule has 1 aromatic heterocycles. The molecule has 6 heteroatoms. The number of nitrogens with one attached hydrogen (secondary N) is 1. The van der Waals surface area contributed by atoms with E-state index in [-0.39, 0.29) is 0 Å². The molecule has 0 unspecified atom stereocenters. The van der Waals surface area contributed by atoms with Crippen molar-refractivity contribution in [3.05, 3.63) is 6.07 Å². The standard InChI is InChI=1S/C12H22N4OS/c1-5-16(6-2)7-8-17-11-9-10(13-3)14-12(15-11)18-4/h9H,5-8H2,1-4H3,(H,13,14,15). The van der Waals surface area contributed by atoms with Crippen LogP contribution < -0.4 is 10.1 Å². The quantitative estimate of drug-likeness (QED) is 0.575. The van der Waals surface area contributed by atoms with E-state index in [0.717, 1.165) is 30.6 Å². The molecule has 0 aliphatic heterocycles. The lowest BCUT2D eigenvalue weighted by atomic mass is 10.5. The first-order valence-corrected chi connectivity index (χ1v) is 7.41. The number of hydrogen-bond acceptors (Lipinski definition) is 6. The maximum Gasteiger partial charge on any atom is 0.219 e. The Morgan fingerprint density at radius 2 is 2.06 bits per heavy atom. The van der Waals surface area contributed by atoms with Crippen molar-refractivity contribution in [1.29, 1.82) is 0 Å². The van der Waals surface area contributed by atoms with Gasteiger partial charge < -0.3 is 15.0 Å². The van der Waals surface area contributed by atoms with E-state index < -0.39 is 0 Å². The molecule has 1 heterocycles. The molecule has 0 saturated carbocycles. The molecule has 0 radical (unpaired) electrons. The predicted molar refractivity (Wildman–Crippen MR) is 76.6 cm³/mol. The minimum atomic E-state index is 0.630. The third kappa shape index (κ3) is 4.70. The SMILES string of the molecule is CCN(CC)CCOc1cc(NC)nc(SC)n1. The Balaban J connectivity index is 2.55. The summed E-state index contributed by atoms with van der Waals surface area (Å²) in [7, 11) is 1.84. The third-order valence-corrected chi connectivity index (χ3v) is 3.22. The van der Waals surface area contributed by atoms with Crippen LogP contribution in [0.2, 0.25) is 0 Å². The van der Waals surface area contributed by atoms with Crippen molar-refractivity contribution in [2.24, 2.45) is 0 Å². The van der Waals surface area contributed by atoms with Gasteiger partial charge in [0.1, 0.15) is 12.4 Å². The lowest BCUT2D eigenvalue weighted by Crippen LogP contribution is -2.28. The van der Waals surface area contributed by atoms with Gasteiger partial charge in [-0.05, 0) is 19.3 Å². The Hall–Kier alpha value is -1.01. The van der Waals surface area contributed by atoms with E-state index in [9.17, 15) is 0 Å². The van der Waals surface area contributed by atoms with Crippen molar-refractivity contribution in [3.8, 4) is 5.88 Å². The van der Waals surface area contributed by atoms with Crippen LogP contribution in [0.25, 0.3) is 0 Å². The number of hydrogen-bond donors (Lipinski definition) is 1. The van der Waals surface area contributed by atoms with E-state index in [0.29, 0.717) is 12.5 Å². The summed E-state index contributed by atoms with van der Waals surface area (Å²) >= 11 is 1.51. The molecule has 0 amide bonds. The van der Waals surface area contributed by atoms with Gasteiger partial charge >= 0.3 is 0 Å². The van der Waals surface area contributed by atoms with Crippen LogP contribution in [0.1, 0.15) is 13.8 Å². The molecule has 102 valence electrons. The lowest BCUT2D eigenvalue weighted by molar-refractivity contribution is 0.217. The van der Waals surface area contributed by atoms with Crippen LogP contribution in [0.4, 0.5) is 5.82 Å². The van der Waals surface area contributed by atoms with Crippen molar-refractivity contribution >= 4 is 17.6 Å². The van der Waals surface area contributed by atoms with Crippen molar-refractivity contribution in [3.63, 3.8) is 0 Å². The number of anilines is 1. The molecule has 5 nitrogen and oxygen atoms in total. The van der Waals surface area contributed by atoms with Crippen molar-refractivity contribution in [1.82, 2.24) is 14.9 Å². The topological polar surface area (TPSA) is 50.3 Å². The minimum Gasteiger partial charge on any atom is -0.476 e. The highest BCUT2D eigenvalue weighted by Gasteiger charge is 2.05. The molecule has 0 spiro atoms. The Bertz CT molecular complexity index is 336. The monoisotopic (exact) mass is 270 g/mol. The minimum absolute atomic E-state index is 0.630. The predicted octanol–water partition coefficient (Wildman–Crippen LogP) is 1.96. The zero-order valence-electron chi connectivity index (χ0n) is 11.6. The van der Waals surface area contributed by atoms with E-state index >= 15 is 0 Å². The van der Waals surface area contributed by atoms with Gasteiger partial charge in [-0.15, -0.1) is 0 Å². The first-order chi connectivity index (χ1) is 8.73. The molecule has 0 atom stereocenters. The highest BCUT2D eigenvalue weighted by atomic mass is 32.2. The fourth-order valence-corrected chi connectivity index (χ4v) is 1.89. The van der Waals surface area contributed by atoms with Gasteiger partial charge in [0.2, 0.25) is 5.88 Å². The Morgan fingerprint density at radius 3 is 2.61 bits per heavy atom. The van der Waals surface area contributed by atoms with E-state index in [1.807, 2.05) is 19.4 Å². The highest BCUT2D eigenvalue weighted by molar-refractivity contribution is 7.98.